The van der Waals surface area contributed by atoms with Crippen molar-refractivity contribution in [3.05, 3.63) is 59.9 Å². The van der Waals surface area contributed by atoms with Gasteiger partial charge >= 0.3 is 0 Å². The van der Waals surface area contributed by atoms with Crippen LogP contribution in [0.3, 0.4) is 0 Å². The summed E-state index contributed by atoms with van der Waals surface area (Å²) in [6.45, 7) is 0.930. The Kier molecular flexibility index (Phi) is 6.65. The van der Waals surface area contributed by atoms with Gasteiger partial charge in [-0.25, -0.2) is 4.39 Å². The maximum Gasteiger partial charge on any atom is 0.257 e. The summed E-state index contributed by atoms with van der Waals surface area (Å²) in [4.78, 5) is 12.1. The van der Waals surface area contributed by atoms with Gasteiger partial charge in [0.15, 0.2) is 5.11 Å². The number of carbonyl (C=O) groups is 1. The molecule has 0 unspecified atom stereocenters. The average Bonchev–Trinajstić information content (AvgIpc) is 2.58. The molecule has 0 atom stereocenters. The fourth-order valence-electron chi connectivity index (χ4n) is 1.82. The van der Waals surface area contributed by atoms with Gasteiger partial charge in [0, 0.05) is 18.4 Å². The Hall–Kier alpha value is -2.51. The number of hydrogen-bond acceptors (Lipinski definition) is 4. The number of hydrogen-bond donors (Lipinski definition) is 2. The highest BCUT2D eigenvalue weighted by molar-refractivity contribution is 7.80. The van der Waals surface area contributed by atoms with Gasteiger partial charge in [0.25, 0.3) is 5.91 Å². The molecule has 0 aliphatic rings. The molecule has 2 aromatic carbocycles. The summed E-state index contributed by atoms with van der Waals surface area (Å²) in [5.41, 5.74) is 1.03. The van der Waals surface area contributed by atoms with Crippen LogP contribution in [0.4, 0.5) is 10.1 Å². The molecule has 0 radical (unpaired) electrons. The van der Waals surface area contributed by atoms with E-state index in [4.69, 9.17) is 21.7 Å². The average molecular weight is 348 g/mol. The lowest BCUT2D eigenvalue weighted by Crippen LogP contribution is -2.34. The Morgan fingerprint density at radius 3 is 2.38 bits per heavy atom. The van der Waals surface area contributed by atoms with Gasteiger partial charge < -0.3 is 14.8 Å². The summed E-state index contributed by atoms with van der Waals surface area (Å²) >= 11 is 5.07. The summed E-state index contributed by atoms with van der Waals surface area (Å²) in [7, 11) is 1.60. The van der Waals surface area contributed by atoms with Crippen LogP contribution in [0.15, 0.2) is 48.5 Å². The molecular weight excluding hydrogens is 331 g/mol. The minimum Gasteiger partial charge on any atom is -0.491 e. The molecule has 0 aliphatic heterocycles. The third-order valence-corrected chi connectivity index (χ3v) is 3.21. The van der Waals surface area contributed by atoms with Gasteiger partial charge in [-0.1, -0.05) is 0 Å². The van der Waals surface area contributed by atoms with Crippen molar-refractivity contribution in [3.63, 3.8) is 0 Å². The molecule has 0 aromatic heterocycles. The SMILES string of the molecule is COCCOc1ccc(C(=O)NC(=S)Nc2ccc(F)cc2)cc1. The number of halogens is 1. The number of thiocarbonyl (C=S) groups is 1. The maximum atomic E-state index is 12.8. The lowest BCUT2D eigenvalue weighted by Gasteiger charge is -2.10. The fourth-order valence-corrected chi connectivity index (χ4v) is 2.03. The van der Waals surface area contributed by atoms with E-state index in [0.717, 1.165) is 0 Å². The van der Waals surface area contributed by atoms with E-state index in [9.17, 15) is 9.18 Å². The zero-order valence-electron chi connectivity index (χ0n) is 13.0. The highest BCUT2D eigenvalue weighted by Crippen LogP contribution is 2.12. The second-order valence-corrected chi connectivity index (χ2v) is 5.19. The second kappa shape index (κ2) is 8.95. The van der Waals surface area contributed by atoms with E-state index < -0.39 is 0 Å². The monoisotopic (exact) mass is 348 g/mol. The van der Waals surface area contributed by atoms with Crippen LogP contribution in [0.5, 0.6) is 5.75 Å². The summed E-state index contributed by atoms with van der Waals surface area (Å²) in [6.07, 6.45) is 0. The Labute approximate surface area is 144 Å². The van der Waals surface area contributed by atoms with Crippen LogP contribution in [-0.4, -0.2) is 31.3 Å². The standard InChI is InChI=1S/C17H17FN2O3S/c1-22-10-11-23-15-8-2-12(3-9-15)16(21)20-17(24)19-14-6-4-13(18)5-7-14/h2-9H,10-11H2,1H3,(H2,19,20,21,24). The predicted molar refractivity (Wildman–Crippen MR) is 93.9 cm³/mol. The van der Waals surface area contributed by atoms with Crippen molar-refractivity contribution >= 4 is 28.9 Å². The molecule has 0 fully saturated rings. The lowest BCUT2D eigenvalue weighted by atomic mass is 10.2. The molecule has 0 saturated heterocycles. The minimum absolute atomic E-state index is 0.132. The van der Waals surface area contributed by atoms with Crippen molar-refractivity contribution in [1.29, 1.82) is 0 Å². The molecular formula is C17H17FN2O3S. The van der Waals surface area contributed by atoms with E-state index in [1.165, 1.54) is 24.3 Å². The first-order valence-corrected chi connectivity index (χ1v) is 7.59. The topological polar surface area (TPSA) is 59.6 Å². The number of methoxy groups -OCH3 is 1. The molecule has 24 heavy (non-hydrogen) atoms. The molecule has 5 nitrogen and oxygen atoms in total. The van der Waals surface area contributed by atoms with Crippen LogP contribution < -0.4 is 15.4 Å². The number of anilines is 1. The van der Waals surface area contributed by atoms with E-state index in [-0.39, 0.29) is 16.8 Å². The van der Waals surface area contributed by atoms with Gasteiger partial charge in [0.1, 0.15) is 18.2 Å². The first-order chi connectivity index (χ1) is 11.6. The molecule has 1 amide bonds. The number of ether oxygens (including phenoxy) is 2. The molecule has 2 rings (SSSR count). The van der Waals surface area contributed by atoms with Gasteiger partial charge in [-0.05, 0) is 60.7 Å². The van der Waals surface area contributed by atoms with E-state index >= 15 is 0 Å². The number of carbonyl (C=O) groups excluding carboxylic acids is 1. The van der Waals surface area contributed by atoms with Crippen molar-refractivity contribution in [1.82, 2.24) is 5.32 Å². The van der Waals surface area contributed by atoms with Crippen LogP contribution in [0.2, 0.25) is 0 Å². The van der Waals surface area contributed by atoms with Gasteiger partial charge in [0.05, 0.1) is 6.61 Å². The van der Waals surface area contributed by atoms with Crippen molar-refractivity contribution in [3.8, 4) is 5.75 Å². The molecule has 0 saturated carbocycles. The molecule has 2 aromatic rings. The summed E-state index contributed by atoms with van der Waals surface area (Å²) in [6, 6.07) is 12.3. The highest BCUT2D eigenvalue weighted by Gasteiger charge is 2.08. The maximum absolute atomic E-state index is 12.8. The molecule has 0 spiro atoms. The summed E-state index contributed by atoms with van der Waals surface area (Å²) < 4.78 is 23.2. The van der Waals surface area contributed by atoms with Gasteiger partial charge in [-0.2, -0.15) is 0 Å². The Bertz CT molecular complexity index is 690. The quantitative estimate of drug-likeness (QED) is 0.621. The van der Waals surface area contributed by atoms with Gasteiger partial charge in [0.2, 0.25) is 0 Å². The Morgan fingerprint density at radius 1 is 1.08 bits per heavy atom. The van der Waals surface area contributed by atoms with E-state index in [1.807, 2.05) is 0 Å². The molecule has 126 valence electrons. The van der Waals surface area contributed by atoms with E-state index in [1.54, 1.807) is 31.4 Å². The van der Waals surface area contributed by atoms with Crippen LogP contribution in [0.1, 0.15) is 10.4 Å². The number of nitrogens with one attached hydrogen (secondary N) is 2. The largest absolute Gasteiger partial charge is 0.491 e. The first kappa shape index (κ1) is 17.8. The second-order valence-electron chi connectivity index (χ2n) is 4.78. The highest BCUT2D eigenvalue weighted by atomic mass is 32.1. The molecule has 0 bridgehead atoms. The number of rotatable bonds is 6. The molecule has 2 N–H and O–H groups in total. The van der Waals surface area contributed by atoms with E-state index in [0.29, 0.717) is 30.2 Å². The smallest absolute Gasteiger partial charge is 0.257 e. The third kappa shape index (κ3) is 5.60. The van der Waals surface area contributed by atoms with Crippen molar-refractivity contribution in [2.24, 2.45) is 0 Å². The predicted octanol–water partition coefficient (Wildman–Crippen LogP) is 2.98. The van der Waals surface area contributed by atoms with Crippen LogP contribution in [-0.2, 0) is 4.74 Å². The van der Waals surface area contributed by atoms with Crippen LogP contribution >= 0.6 is 12.2 Å². The molecule has 0 heterocycles. The van der Waals surface area contributed by atoms with Crippen LogP contribution in [0.25, 0.3) is 0 Å². The number of benzene rings is 2. The van der Waals surface area contributed by atoms with Gasteiger partial charge in [-0.3, -0.25) is 10.1 Å². The minimum atomic E-state index is -0.349. The zero-order valence-corrected chi connectivity index (χ0v) is 13.9. The fraction of sp³-hybridized carbons (Fsp3) is 0.176. The third-order valence-electron chi connectivity index (χ3n) is 3.00. The van der Waals surface area contributed by atoms with Crippen molar-refractivity contribution in [2.45, 2.75) is 0 Å². The van der Waals surface area contributed by atoms with E-state index in [2.05, 4.69) is 10.6 Å². The molecule has 0 aliphatic carbocycles. The Balaban J connectivity index is 1.86. The Morgan fingerprint density at radius 2 is 1.75 bits per heavy atom. The summed E-state index contributed by atoms with van der Waals surface area (Å²) in [5.74, 6) is -0.0445. The lowest BCUT2D eigenvalue weighted by molar-refractivity contribution is 0.0977. The van der Waals surface area contributed by atoms with Crippen molar-refractivity contribution < 1.29 is 18.7 Å². The van der Waals surface area contributed by atoms with Crippen LogP contribution in [0, 0.1) is 5.82 Å². The molecule has 7 heteroatoms. The van der Waals surface area contributed by atoms with Crippen molar-refractivity contribution in [2.75, 3.05) is 25.6 Å². The number of amides is 1. The zero-order chi connectivity index (χ0) is 17.4. The normalized spacial score (nSPS) is 10.1. The summed E-state index contributed by atoms with van der Waals surface area (Å²) in [5, 5.41) is 5.50. The first-order valence-electron chi connectivity index (χ1n) is 7.18. The van der Waals surface area contributed by atoms with Gasteiger partial charge in [-0.15, -0.1) is 0 Å².